The van der Waals surface area contributed by atoms with Crippen LogP contribution in [0.5, 0.6) is 0 Å². The number of nitrogens with two attached hydrogens (primary N) is 1. The Hall–Kier alpha value is -1.03. The van der Waals surface area contributed by atoms with Gasteiger partial charge in [-0.2, -0.15) is 0 Å². The predicted molar refractivity (Wildman–Crippen MR) is 68.9 cm³/mol. The van der Waals surface area contributed by atoms with Crippen LogP contribution in [-0.2, 0) is 0 Å². The van der Waals surface area contributed by atoms with Gasteiger partial charge in [0.25, 0.3) is 0 Å². The molecule has 1 aromatic rings. The molecule has 3 atom stereocenters. The van der Waals surface area contributed by atoms with Gasteiger partial charge in [0.15, 0.2) is 17.5 Å². The van der Waals surface area contributed by atoms with E-state index in [1.807, 2.05) is 0 Å². The molecule has 0 spiro atoms. The zero-order valence-electron chi connectivity index (χ0n) is 11.3. The number of halogens is 3. The SMILES string of the molecule is CC1CC(C)CC(C(N)c2cc(F)c(F)c(F)c2)C1. The summed E-state index contributed by atoms with van der Waals surface area (Å²) in [6.45, 7) is 4.34. The van der Waals surface area contributed by atoms with Gasteiger partial charge >= 0.3 is 0 Å². The van der Waals surface area contributed by atoms with Crippen molar-refractivity contribution in [3.8, 4) is 0 Å². The van der Waals surface area contributed by atoms with Crippen LogP contribution < -0.4 is 5.73 Å². The highest BCUT2D eigenvalue weighted by Gasteiger charge is 2.29. The predicted octanol–water partition coefficient (Wildman–Crippen LogP) is 4.18. The van der Waals surface area contributed by atoms with Gasteiger partial charge < -0.3 is 5.73 Å². The number of hydrogen-bond donors (Lipinski definition) is 1. The van der Waals surface area contributed by atoms with E-state index in [2.05, 4.69) is 13.8 Å². The van der Waals surface area contributed by atoms with Crippen LogP contribution in [0.15, 0.2) is 12.1 Å². The molecule has 2 rings (SSSR count). The molecular weight excluding hydrogens is 251 g/mol. The van der Waals surface area contributed by atoms with Crippen molar-refractivity contribution in [2.75, 3.05) is 0 Å². The summed E-state index contributed by atoms with van der Waals surface area (Å²) in [7, 11) is 0. The van der Waals surface area contributed by atoms with Crippen molar-refractivity contribution in [1.82, 2.24) is 0 Å². The van der Waals surface area contributed by atoms with Crippen LogP contribution >= 0.6 is 0 Å². The normalized spacial score (nSPS) is 29.3. The van der Waals surface area contributed by atoms with Crippen molar-refractivity contribution in [3.05, 3.63) is 35.1 Å². The Morgan fingerprint density at radius 3 is 1.95 bits per heavy atom. The van der Waals surface area contributed by atoms with Gasteiger partial charge in [-0.3, -0.25) is 0 Å². The smallest absolute Gasteiger partial charge is 0.194 e. The molecule has 19 heavy (non-hydrogen) atoms. The zero-order chi connectivity index (χ0) is 14.2. The van der Waals surface area contributed by atoms with E-state index in [0.717, 1.165) is 31.4 Å². The Kier molecular flexibility index (Phi) is 4.19. The van der Waals surface area contributed by atoms with E-state index >= 15 is 0 Å². The van der Waals surface area contributed by atoms with Crippen LogP contribution in [0.1, 0.15) is 44.7 Å². The standard InChI is InChI=1S/C15H20F3N/c1-8-3-9(2)5-10(4-8)15(19)11-6-12(16)14(18)13(17)7-11/h6-10,15H,3-5,19H2,1-2H3. The van der Waals surface area contributed by atoms with Gasteiger partial charge in [0, 0.05) is 6.04 Å². The van der Waals surface area contributed by atoms with Crippen molar-refractivity contribution in [2.24, 2.45) is 23.5 Å². The third-order valence-corrected chi connectivity index (χ3v) is 4.11. The maximum atomic E-state index is 13.3. The minimum Gasteiger partial charge on any atom is -0.324 e. The molecule has 0 radical (unpaired) electrons. The number of hydrogen-bond acceptors (Lipinski definition) is 1. The molecule has 0 aromatic heterocycles. The molecule has 1 aliphatic carbocycles. The van der Waals surface area contributed by atoms with Crippen molar-refractivity contribution in [3.63, 3.8) is 0 Å². The highest BCUT2D eigenvalue weighted by molar-refractivity contribution is 5.23. The first-order chi connectivity index (χ1) is 8.88. The second-order valence-corrected chi connectivity index (χ2v) is 6.00. The minimum atomic E-state index is -1.43. The quantitative estimate of drug-likeness (QED) is 0.802. The van der Waals surface area contributed by atoms with Gasteiger partial charge in [-0.25, -0.2) is 13.2 Å². The third-order valence-electron chi connectivity index (χ3n) is 4.11. The lowest BCUT2D eigenvalue weighted by Crippen LogP contribution is -2.29. The molecule has 1 nitrogen and oxygen atoms in total. The Morgan fingerprint density at radius 1 is 1.00 bits per heavy atom. The summed E-state index contributed by atoms with van der Waals surface area (Å²) >= 11 is 0. The molecule has 1 fully saturated rings. The summed E-state index contributed by atoms with van der Waals surface area (Å²) < 4.78 is 39.5. The van der Waals surface area contributed by atoms with E-state index in [4.69, 9.17) is 5.73 Å². The Bertz CT molecular complexity index is 428. The fourth-order valence-corrected chi connectivity index (χ4v) is 3.34. The monoisotopic (exact) mass is 271 g/mol. The van der Waals surface area contributed by atoms with Gasteiger partial charge in [0.1, 0.15) is 0 Å². The number of rotatable bonds is 2. The van der Waals surface area contributed by atoms with Crippen molar-refractivity contribution >= 4 is 0 Å². The van der Waals surface area contributed by atoms with Crippen LogP contribution in [-0.4, -0.2) is 0 Å². The molecule has 106 valence electrons. The van der Waals surface area contributed by atoms with Crippen LogP contribution in [0.2, 0.25) is 0 Å². The number of benzene rings is 1. The van der Waals surface area contributed by atoms with E-state index in [1.165, 1.54) is 0 Å². The third kappa shape index (κ3) is 3.11. The fraction of sp³-hybridized carbons (Fsp3) is 0.600. The molecule has 0 saturated heterocycles. The van der Waals surface area contributed by atoms with E-state index in [1.54, 1.807) is 0 Å². The van der Waals surface area contributed by atoms with Crippen molar-refractivity contribution in [2.45, 2.75) is 39.2 Å². The first kappa shape index (κ1) is 14.4. The lowest BCUT2D eigenvalue weighted by molar-refractivity contribution is 0.193. The summed E-state index contributed by atoms with van der Waals surface area (Å²) in [6.07, 6.45) is 3.06. The highest BCUT2D eigenvalue weighted by Crippen LogP contribution is 2.39. The Labute approximate surface area is 112 Å². The van der Waals surface area contributed by atoms with Gasteiger partial charge in [-0.15, -0.1) is 0 Å². The van der Waals surface area contributed by atoms with Crippen molar-refractivity contribution in [1.29, 1.82) is 0 Å². The van der Waals surface area contributed by atoms with E-state index < -0.39 is 23.5 Å². The van der Waals surface area contributed by atoms with Crippen LogP contribution in [0.25, 0.3) is 0 Å². The van der Waals surface area contributed by atoms with E-state index in [-0.39, 0.29) is 5.92 Å². The maximum absolute atomic E-state index is 13.3. The molecular formula is C15H20F3N. The molecule has 1 aromatic carbocycles. The zero-order valence-corrected chi connectivity index (χ0v) is 11.3. The summed E-state index contributed by atoms with van der Waals surface area (Å²) in [5.41, 5.74) is 6.48. The second kappa shape index (κ2) is 5.53. The second-order valence-electron chi connectivity index (χ2n) is 6.00. The summed E-state index contributed by atoms with van der Waals surface area (Å²) in [4.78, 5) is 0. The molecule has 2 N–H and O–H groups in total. The summed E-state index contributed by atoms with van der Waals surface area (Å²) in [5, 5.41) is 0. The average molecular weight is 271 g/mol. The molecule has 0 bridgehead atoms. The minimum absolute atomic E-state index is 0.197. The molecule has 1 aliphatic rings. The molecule has 0 aliphatic heterocycles. The largest absolute Gasteiger partial charge is 0.324 e. The van der Waals surface area contributed by atoms with E-state index in [0.29, 0.717) is 17.4 Å². The van der Waals surface area contributed by atoms with Gasteiger partial charge in [0.05, 0.1) is 0 Å². The maximum Gasteiger partial charge on any atom is 0.194 e. The van der Waals surface area contributed by atoms with Crippen LogP contribution in [0.3, 0.4) is 0 Å². The fourth-order valence-electron chi connectivity index (χ4n) is 3.34. The molecule has 4 heteroatoms. The summed E-state index contributed by atoms with van der Waals surface area (Å²) in [6, 6.07) is 1.61. The van der Waals surface area contributed by atoms with Crippen LogP contribution in [0.4, 0.5) is 13.2 Å². The topological polar surface area (TPSA) is 26.0 Å². The molecule has 1 saturated carbocycles. The Morgan fingerprint density at radius 2 is 1.47 bits per heavy atom. The molecule has 0 amide bonds. The lowest BCUT2D eigenvalue weighted by Gasteiger charge is -2.35. The van der Waals surface area contributed by atoms with Crippen LogP contribution in [0, 0.1) is 35.2 Å². The first-order valence-electron chi connectivity index (χ1n) is 6.78. The molecule has 3 unspecified atom stereocenters. The first-order valence-corrected chi connectivity index (χ1v) is 6.78. The van der Waals surface area contributed by atoms with Gasteiger partial charge in [-0.1, -0.05) is 13.8 Å². The molecule has 0 heterocycles. The highest BCUT2D eigenvalue weighted by atomic mass is 19.2. The lowest BCUT2D eigenvalue weighted by atomic mass is 9.72. The Balaban J connectivity index is 2.21. The summed E-state index contributed by atoms with van der Waals surface area (Å²) in [5.74, 6) is -2.43. The average Bonchev–Trinajstić information content (AvgIpc) is 2.33. The van der Waals surface area contributed by atoms with Gasteiger partial charge in [-0.05, 0) is 54.7 Å². The van der Waals surface area contributed by atoms with Crippen molar-refractivity contribution < 1.29 is 13.2 Å². The van der Waals surface area contributed by atoms with Gasteiger partial charge in [0.2, 0.25) is 0 Å². The van der Waals surface area contributed by atoms with E-state index in [9.17, 15) is 13.2 Å².